The maximum absolute atomic E-state index is 2.51. The second-order valence-corrected chi connectivity index (χ2v) is 14.3. The first-order valence-corrected chi connectivity index (χ1v) is 16.9. The molecule has 0 unspecified atom stereocenters. The van der Waals surface area contributed by atoms with E-state index in [-0.39, 0.29) is 5.41 Å². The Morgan fingerprint density at radius 3 is 1.70 bits per heavy atom. The van der Waals surface area contributed by atoms with Gasteiger partial charge in [0.1, 0.15) is 0 Å². The fourth-order valence-corrected chi connectivity index (χ4v) is 9.43. The van der Waals surface area contributed by atoms with E-state index in [0.717, 1.165) is 0 Å². The van der Waals surface area contributed by atoms with Crippen LogP contribution in [0.3, 0.4) is 0 Å². The molecule has 46 heavy (non-hydrogen) atoms. The predicted molar refractivity (Wildman–Crippen MR) is 200 cm³/mol. The molecule has 0 bridgehead atoms. The van der Waals surface area contributed by atoms with Crippen molar-refractivity contribution >= 4 is 63.8 Å². The molecule has 1 heterocycles. The minimum Gasteiger partial charge on any atom is -0.135 e. The number of hydrogen-bond acceptors (Lipinski definition) is 1. The van der Waals surface area contributed by atoms with Gasteiger partial charge in [0.05, 0.1) is 0 Å². The molecule has 1 heteroatoms. The van der Waals surface area contributed by atoms with Crippen LogP contribution in [0.1, 0.15) is 25.0 Å². The van der Waals surface area contributed by atoms with Crippen LogP contribution in [0, 0.1) is 0 Å². The van der Waals surface area contributed by atoms with Crippen molar-refractivity contribution in [2.45, 2.75) is 19.3 Å². The molecule has 1 aliphatic carbocycles. The third-order valence-electron chi connectivity index (χ3n) is 10.4. The van der Waals surface area contributed by atoms with Gasteiger partial charge >= 0.3 is 0 Å². The Kier molecular flexibility index (Phi) is 5.31. The van der Waals surface area contributed by atoms with Crippen LogP contribution < -0.4 is 0 Å². The Morgan fingerprint density at radius 1 is 0.413 bits per heavy atom. The van der Waals surface area contributed by atoms with E-state index in [1.165, 1.54) is 97.0 Å². The van der Waals surface area contributed by atoms with E-state index in [1.807, 2.05) is 11.3 Å². The summed E-state index contributed by atoms with van der Waals surface area (Å²) in [6.07, 6.45) is 0. The Hall–Kier alpha value is -5.24. The Bertz CT molecular complexity index is 2650. The van der Waals surface area contributed by atoms with Crippen LogP contribution in [0.25, 0.3) is 85.9 Å². The van der Waals surface area contributed by atoms with E-state index in [2.05, 4.69) is 159 Å². The molecule has 0 saturated carbocycles. The lowest BCUT2D eigenvalue weighted by atomic mass is 9.80. The number of hydrogen-bond donors (Lipinski definition) is 0. The highest BCUT2D eigenvalue weighted by atomic mass is 32.1. The van der Waals surface area contributed by atoms with Gasteiger partial charge in [-0.2, -0.15) is 0 Å². The monoisotopic (exact) mass is 602 g/mol. The fraction of sp³-hybridized carbons (Fsp3) is 0.0667. The summed E-state index contributed by atoms with van der Waals surface area (Å²) in [6.45, 7) is 4.82. The van der Waals surface area contributed by atoms with Crippen LogP contribution in [-0.4, -0.2) is 0 Å². The Labute approximate surface area is 272 Å². The average Bonchev–Trinajstić information content (AvgIpc) is 3.58. The van der Waals surface area contributed by atoms with Crippen LogP contribution in [0.4, 0.5) is 0 Å². The zero-order chi connectivity index (χ0) is 30.6. The smallest absolute Gasteiger partial charge is 0.0362 e. The molecule has 0 spiro atoms. The largest absolute Gasteiger partial charge is 0.135 e. The van der Waals surface area contributed by atoms with Gasteiger partial charge < -0.3 is 0 Å². The van der Waals surface area contributed by atoms with Crippen molar-refractivity contribution in [2.75, 3.05) is 0 Å². The molecule has 0 aliphatic heterocycles. The van der Waals surface area contributed by atoms with Crippen molar-refractivity contribution in [1.29, 1.82) is 0 Å². The number of thiophene rings is 1. The van der Waals surface area contributed by atoms with Crippen molar-refractivity contribution in [3.8, 4) is 33.4 Å². The zero-order valence-corrected chi connectivity index (χ0v) is 26.6. The van der Waals surface area contributed by atoms with Crippen LogP contribution in [-0.2, 0) is 5.41 Å². The molecule has 0 N–H and O–H groups in total. The van der Waals surface area contributed by atoms with E-state index in [0.29, 0.717) is 0 Å². The highest BCUT2D eigenvalue weighted by molar-refractivity contribution is 7.26. The van der Waals surface area contributed by atoms with E-state index < -0.39 is 0 Å². The summed E-state index contributed by atoms with van der Waals surface area (Å²) in [4.78, 5) is 0. The van der Waals surface area contributed by atoms with E-state index >= 15 is 0 Å². The summed E-state index contributed by atoms with van der Waals surface area (Å²) in [7, 11) is 0. The van der Waals surface area contributed by atoms with Crippen molar-refractivity contribution < 1.29 is 0 Å². The van der Waals surface area contributed by atoms with Crippen LogP contribution in [0.5, 0.6) is 0 Å². The molecule has 1 aromatic heterocycles. The highest BCUT2D eigenvalue weighted by Gasteiger charge is 2.36. The summed E-state index contributed by atoms with van der Waals surface area (Å²) in [5.41, 5.74) is 10.6. The van der Waals surface area contributed by atoms with Gasteiger partial charge in [0.2, 0.25) is 0 Å². The zero-order valence-electron chi connectivity index (χ0n) is 25.8. The van der Waals surface area contributed by atoms with Crippen LogP contribution in [0.2, 0.25) is 0 Å². The van der Waals surface area contributed by atoms with Crippen molar-refractivity contribution in [2.24, 2.45) is 0 Å². The lowest BCUT2D eigenvalue weighted by Crippen LogP contribution is -2.15. The molecule has 216 valence electrons. The van der Waals surface area contributed by atoms with Gasteiger partial charge in [0.15, 0.2) is 0 Å². The Balaban J connectivity index is 1.22. The molecule has 0 atom stereocenters. The standard InChI is InChI=1S/C45H30S/c1-45(2)38-24-29(43-34-18-10-8-16-32(34)42(28-13-4-3-5-14-28)33-17-9-11-19-35(33)43)20-22-31(38)36-26-41-37(25-39(36)45)44-30-15-7-6-12-27(30)21-23-40(44)46-41/h3-26H,1-2H3. The first-order valence-electron chi connectivity index (χ1n) is 16.1. The molecule has 1 aliphatic rings. The van der Waals surface area contributed by atoms with Gasteiger partial charge in [0.25, 0.3) is 0 Å². The third kappa shape index (κ3) is 3.49. The van der Waals surface area contributed by atoms with E-state index in [9.17, 15) is 0 Å². The average molecular weight is 603 g/mol. The number of benzene rings is 8. The van der Waals surface area contributed by atoms with Crippen LogP contribution >= 0.6 is 11.3 Å². The Morgan fingerprint density at radius 2 is 1.00 bits per heavy atom. The third-order valence-corrected chi connectivity index (χ3v) is 11.6. The fourth-order valence-electron chi connectivity index (χ4n) is 8.28. The van der Waals surface area contributed by atoms with Gasteiger partial charge in [-0.3, -0.25) is 0 Å². The number of fused-ring (bicyclic) bond motifs is 10. The summed E-state index contributed by atoms with van der Waals surface area (Å²) >= 11 is 1.92. The molecule has 0 saturated heterocycles. The van der Waals surface area contributed by atoms with Gasteiger partial charge in [-0.05, 0) is 101 Å². The van der Waals surface area contributed by atoms with Gasteiger partial charge in [-0.15, -0.1) is 11.3 Å². The summed E-state index contributed by atoms with van der Waals surface area (Å²) in [5, 5.41) is 10.6. The minimum absolute atomic E-state index is 0.122. The lowest BCUT2D eigenvalue weighted by Gasteiger charge is -2.23. The maximum Gasteiger partial charge on any atom is 0.0362 e. The summed E-state index contributed by atoms with van der Waals surface area (Å²) in [5.74, 6) is 0. The van der Waals surface area contributed by atoms with Gasteiger partial charge in [-0.1, -0.05) is 135 Å². The molecule has 0 fully saturated rings. The first-order chi connectivity index (χ1) is 22.6. The topological polar surface area (TPSA) is 0 Å². The van der Waals surface area contributed by atoms with Gasteiger partial charge in [-0.25, -0.2) is 0 Å². The maximum atomic E-state index is 2.51. The van der Waals surface area contributed by atoms with Crippen molar-refractivity contribution in [1.82, 2.24) is 0 Å². The summed E-state index contributed by atoms with van der Waals surface area (Å²) in [6, 6.07) is 54.4. The van der Waals surface area contributed by atoms with Crippen molar-refractivity contribution in [3.05, 3.63) is 157 Å². The van der Waals surface area contributed by atoms with Crippen molar-refractivity contribution in [3.63, 3.8) is 0 Å². The summed E-state index contributed by atoms with van der Waals surface area (Å²) < 4.78 is 2.73. The SMILES string of the molecule is CC1(C)c2cc(-c3c4ccccc4c(-c4ccccc4)c4ccccc34)ccc2-c2cc3sc4ccc5ccccc5c4c3cc21. The predicted octanol–water partition coefficient (Wildman–Crippen LogP) is 13.2. The molecule has 8 aromatic carbocycles. The molecule has 9 aromatic rings. The van der Waals surface area contributed by atoms with E-state index in [1.54, 1.807) is 0 Å². The molecule has 0 radical (unpaired) electrons. The second kappa shape index (κ2) is 9.39. The quantitative estimate of drug-likeness (QED) is 0.173. The molecule has 0 amide bonds. The van der Waals surface area contributed by atoms with Crippen LogP contribution in [0.15, 0.2) is 146 Å². The lowest BCUT2D eigenvalue weighted by molar-refractivity contribution is 0.661. The van der Waals surface area contributed by atoms with Gasteiger partial charge in [0, 0.05) is 25.6 Å². The van der Waals surface area contributed by atoms with E-state index in [4.69, 9.17) is 0 Å². The normalized spacial score (nSPS) is 13.6. The molecular weight excluding hydrogens is 573 g/mol. The molecule has 0 nitrogen and oxygen atoms in total. The number of rotatable bonds is 2. The second-order valence-electron chi connectivity index (χ2n) is 13.2. The molecular formula is C45H30S. The first kappa shape index (κ1) is 26.0. The minimum atomic E-state index is -0.122. The highest BCUT2D eigenvalue weighted by Crippen LogP contribution is 2.54. The molecule has 10 rings (SSSR count).